The van der Waals surface area contributed by atoms with Crippen molar-refractivity contribution in [2.24, 2.45) is 4.99 Å². The van der Waals surface area contributed by atoms with Crippen LogP contribution >= 0.6 is 0 Å². The molecule has 0 aromatic heterocycles. The third kappa shape index (κ3) is 1.25. The number of allylic oxidation sites excluding steroid dienone is 1. The Labute approximate surface area is 105 Å². The molecule has 1 heteroatoms. The lowest BCUT2D eigenvalue weighted by Gasteiger charge is -2.11. The topological polar surface area (TPSA) is 12.4 Å². The fourth-order valence-corrected chi connectivity index (χ4v) is 2.58. The minimum atomic E-state index is 1.22. The minimum absolute atomic E-state index is 1.22. The molecule has 1 aliphatic heterocycles. The smallest absolute Gasteiger partial charge is 0.0362 e. The summed E-state index contributed by atoms with van der Waals surface area (Å²) < 4.78 is 0. The molecular formula is C17H11N. The highest BCUT2D eigenvalue weighted by Crippen LogP contribution is 2.31. The van der Waals surface area contributed by atoms with Crippen LogP contribution in [-0.2, 0) is 0 Å². The van der Waals surface area contributed by atoms with Crippen LogP contribution in [-0.4, -0.2) is 6.21 Å². The summed E-state index contributed by atoms with van der Waals surface area (Å²) in [6.45, 7) is 0. The molecule has 0 N–H and O–H groups in total. The lowest BCUT2D eigenvalue weighted by atomic mass is 9.94. The fraction of sp³-hybridized carbons (Fsp3) is 0. The SMILES string of the molecule is C1=NC=C1c1cccc2c1ccc1ccccc12. The van der Waals surface area contributed by atoms with E-state index in [2.05, 4.69) is 59.6 Å². The van der Waals surface area contributed by atoms with Gasteiger partial charge in [0.2, 0.25) is 0 Å². The van der Waals surface area contributed by atoms with Gasteiger partial charge in [0.15, 0.2) is 0 Å². The normalized spacial score (nSPS) is 13.7. The van der Waals surface area contributed by atoms with Crippen LogP contribution in [0.4, 0.5) is 0 Å². The van der Waals surface area contributed by atoms with E-state index in [1.165, 1.54) is 32.7 Å². The van der Waals surface area contributed by atoms with Gasteiger partial charge in [-0.15, -0.1) is 0 Å². The van der Waals surface area contributed by atoms with Crippen LogP contribution in [0.25, 0.3) is 27.1 Å². The molecule has 1 nitrogen and oxygen atoms in total. The van der Waals surface area contributed by atoms with Crippen molar-refractivity contribution in [3.05, 3.63) is 66.4 Å². The van der Waals surface area contributed by atoms with Crippen LogP contribution in [0.3, 0.4) is 0 Å². The number of nitrogens with zero attached hydrogens (tertiary/aromatic N) is 1. The Morgan fingerprint density at radius 1 is 0.667 bits per heavy atom. The van der Waals surface area contributed by atoms with Crippen molar-refractivity contribution in [1.29, 1.82) is 0 Å². The highest BCUT2D eigenvalue weighted by Gasteiger charge is 2.09. The average Bonchev–Trinajstić information content (AvgIpc) is 2.37. The quantitative estimate of drug-likeness (QED) is 0.548. The second-order valence-electron chi connectivity index (χ2n) is 4.55. The third-order valence-corrected chi connectivity index (χ3v) is 3.52. The highest BCUT2D eigenvalue weighted by atomic mass is 14.7. The molecule has 0 radical (unpaired) electrons. The maximum Gasteiger partial charge on any atom is 0.0362 e. The molecule has 0 fully saturated rings. The van der Waals surface area contributed by atoms with E-state index in [1.54, 1.807) is 0 Å². The first-order chi connectivity index (χ1) is 8.93. The zero-order chi connectivity index (χ0) is 11.9. The molecule has 0 atom stereocenters. The van der Waals surface area contributed by atoms with E-state index in [0.29, 0.717) is 0 Å². The number of aliphatic imine (C=N–C) groups is 1. The second-order valence-corrected chi connectivity index (χ2v) is 4.55. The first-order valence-electron chi connectivity index (χ1n) is 6.08. The van der Waals surface area contributed by atoms with E-state index in [-0.39, 0.29) is 0 Å². The summed E-state index contributed by atoms with van der Waals surface area (Å²) >= 11 is 0. The van der Waals surface area contributed by atoms with Crippen LogP contribution in [0.5, 0.6) is 0 Å². The first kappa shape index (κ1) is 9.60. The zero-order valence-corrected chi connectivity index (χ0v) is 9.80. The molecule has 0 bridgehead atoms. The van der Waals surface area contributed by atoms with Gasteiger partial charge in [0.05, 0.1) is 0 Å². The van der Waals surface area contributed by atoms with Gasteiger partial charge in [-0.1, -0.05) is 54.6 Å². The summed E-state index contributed by atoms with van der Waals surface area (Å²) in [7, 11) is 0. The minimum Gasteiger partial charge on any atom is -0.263 e. The first-order valence-corrected chi connectivity index (χ1v) is 6.08. The van der Waals surface area contributed by atoms with E-state index in [9.17, 15) is 0 Å². The molecule has 0 saturated heterocycles. The summed E-state index contributed by atoms with van der Waals surface area (Å²) in [5, 5.41) is 5.22. The molecular weight excluding hydrogens is 218 g/mol. The lowest BCUT2D eigenvalue weighted by Crippen LogP contribution is -1.93. The van der Waals surface area contributed by atoms with Gasteiger partial charge in [0.25, 0.3) is 0 Å². The van der Waals surface area contributed by atoms with Gasteiger partial charge < -0.3 is 0 Å². The fourth-order valence-electron chi connectivity index (χ4n) is 2.58. The number of benzene rings is 3. The molecule has 0 spiro atoms. The van der Waals surface area contributed by atoms with E-state index >= 15 is 0 Å². The summed E-state index contributed by atoms with van der Waals surface area (Å²) in [4.78, 5) is 4.06. The number of hydrogen-bond acceptors (Lipinski definition) is 1. The Morgan fingerprint density at radius 3 is 2.33 bits per heavy atom. The maximum absolute atomic E-state index is 4.06. The van der Waals surface area contributed by atoms with Crippen molar-refractivity contribution in [3.8, 4) is 0 Å². The number of fused-ring (bicyclic) bond motifs is 3. The Morgan fingerprint density at radius 2 is 1.50 bits per heavy atom. The summed E-state index contributed by atoms with van der Waals surface area (Å²) in [6.07, 6.45) is 3.84. The van der Waals surface area contributed by atoms with Crippen molar-refractivity contribution in [3.63, 3.8) is 0 Å². The zero-order valence-electron chi connectivity index (χ0n) is 9.80. The highest BCUT2D eigenvalue weighted by molar-refractivity contribution is 6.21. The third-order valence-electron chi connectivity index (χ3n) is 3.52. The van der Waals surface area contributed by atoms with E-state index in [4.69, 9.17) is 0 Å². The van der Waals surface area contributed by atoms with E-state index < -0.39 is 0 Å². The molecule has 0 saturated carbocycles. The molecule has 4 rings (SSSR count). The Hall–Kier alpha value is -2.41. The largest absolute Gasteiger partial charge is 0.263 e. The molecule has 18 heavy (non-hydrogen) atoms. The van der Waals surface area contributed by atoms with E-state index in [1.807, 2.05) is 12.4 Å². The molecule has 0 aliphatic carbocycles. The van der Waals surface area contributed by atoms with Gasteiger partial charge in [-0.05, 0) is 27.1 Å². The molecule has 1 heterocycles. The summed E-state index contributed by atoms with van der Waals surface area (Å²) in [5.41, 5.74) is 2.49. The number of hydrogen-bond donors (Lipinski definition) is 0. The van der Waals surface area contributed by atoms with Gasteiger partial charge in [0, 0.05) is 18.0 Å². The summed E-state index contributed by atoms with van der Waals surface area (Å²) in [5.74, 6) is 0. The van der Waals surface area contributed by atoms with Crippen molar-refractivity contribution in [1.82, 2.24) is 0 Å². The Balaban J connectivity index is 2.15. The van der Waals surface area contributed by atoms with Gasteiger partial charge in [-0.25, -0.2) is 0 Å². The lowest BCUT2D eigenvalue weighted by molar-refractivity contribution is 1.54. The van der Waals surface area contributed by atoms with Gasteiger partial charge in [0.1, 0.15) is 0 Å². The van der Waals surface area contributed by atoms with Crippen molar-refractivity contribution >= 4 is 33.3 Å². The molecule has 3 aromatic carbocycles. The maximum atomic E-state index is 4.06. The monoisotopic (exact) mass is 229 g/mol. The number of rotatable bonds is 1. The van der Waals surface area contributed by atoms with Gasteiger partial charge in [-0.2, -0.15) is 0 Å². The van der Waals surface area contributed by atoms with E-state index in [0.717, 1.165) is 0 Å². The molecule has 3 aromatic rings. The van der Waals surface area contributed by atoms with Crippen molar-refractivity contribution in [2.75, 3.05) is 0 Å². The van der Waals surface area contributed by atoms with Crippen LogP contribution in [0.15, 0.2) is 65.8 Å². The molecule has 1 aliphatic rings. The van der Waals surface area contributed by atoms with Crippen LogP contribution in [0.1, 0.15) is 5.56 Å². The van der Waals surface area contributed by atoms with Crippen molar-refractivity contribution < 1.29 is 0 Å². The van der Waals surface area contributed by atoms with Crippen LogP contribution < -0.4 is 0 Å². The van der Waals surface area contributed by atoms with Gasteiger partial charge in [-0.3, -0.25) is 4.99 Å². The predicted octanol–water partition coefficient (Wildman–Crippen LogP) is 4.42. The van der Waals surface area contributed by atoms with Crippen LogP contribution in [0, 0.1) is 0 Å². The second kappa shape index (κ2) is 3.54. The standard InChI is InChI=1S/C17H11N/c1-2-5-14-12(4-1)8-9-17-15(13-10-18-11-13)6-3-7-16(14)17/h1-11H. The van der Waals surface area contributed by atoms with Crippen LogP contribution in [0.2, 0.25) is 0 Å². The Bertz CT molecular complexity index is 825. The molecule has 0 amide bonds. The molecule has 0 unspecified atom stereocenters. The predicted molar refractivity (Wildman–Crippen MR) is 77.9 cm³/mol. The summed E-state index contributed by atoms with van der Waals surface area (Å²) in [6, 6.07) is 19.4. The Kier molecular flexibility index (Phi) is 1.89. The average molecular weight is 229 g/mol. The molecule has 84 valence electrons. The van der Waals surface area contributed by atoms with Gasteiger partial charge >= 0.3 is 0 Å². The van der Waals surface area contributed by atoms with Crippen molar-refractivity contribution in [2.45, 2.75) is 0 Å².